The third kappa shape index (κ3) is 5.81. The van der Waals surface area contributed by atoms with E-state index >= 15 is 0 Å². The van der Waals surface area contributed by atoms with Crippen LogP contribution in [0.1, 0.15) is 39.5 Å². The van der Waals surface area contributed by atoms with Crippen molar-refractivity contribution >= 4 is 17.5 Å². The Balaban J connectivity index is 1.43. The molecular formula is C24H32FN5O2. The molecule has 32 heavy (non-hydrogen) atoms. The predicted octanol–water partition coefficient (Wildman–Crippen LogP) is 3.84. The number of hydrogen-bond acceptors (Lipinski definition) is 6. The minimum absolute atomic E-state index is 0.0845. The summed E-state index contributed by atoms with van der Waals surface area (Å²) in [6.07, 6.45) is 6.63. The maximum atomic E-state index is 14.6. The molecule has 2 aromatic heterocycles. The largest absolute Gasteiger partial charge is 0.376 e. The molecule has 0 spiro atoms. The average molecular weight is 442 g/mol. The quantitative estimate of drug-likeness (QED) is 0.631. The number of hydrogen-bond donors (Lipinski definition) is 3. The molecule has 2 aromatic rings. The molecule has 3 N–H and O–H groups in total. The van der Waals surface area contributed by atoms with Gasteiger partial charge in [0.05, 0.1) is 17.7 Å². The van der Waals surface area contributed by atoms with Crippen LogP contribution in [0.3, 0.4) is 0 Å². The Morgan fingerprint density at radius 3 is 2.94 bits per heavy atom. The Bertz CT molecular complexity index is 946. The molecule has 0 saturated carbocycles. The predicted molar refractivity (Wildman–Crippen MR) is 123 cm³/mol. The molecule has 2 aliphatic heterocycles. The van der Waals surface area contributed by atoms with Crippen LogP contribution in [0.2, 0.25) is 0 Å². The molecule has 172 valence electrons. The second-order valence-electron chi connectivity index (χ2n) is 9.36. The standard InChI is InChI=1S/C24H32FN5O2/c1-24(2)12-16(6-9-32-24)13-28-21-10-17(5-8-27-21)19-11-22(29-15-20(19)25)30-23(31)18-4-3-7-26-14-18/h5,8,10-11,15-16,18,26H,3-4,6-7,9,12-14H2,1-2H3,(H,27,28)(H,29,30,31)/t16?,18-/m1/s1. The van der Waals surface area contributed by atoms with Crippen LogP contribution >= 0.6 is 0 Å². The second kappa shape index (κ2) is 9.92. The van der Waals surface area contributed by atoms with Gasteiger partial charge in [0.1, 0.15) is 17.5 Å². The molecule has 7 nitrogen and oxygen atoms in total. The van der Waals surface area contributed by atoms with Crippen LogP contribution in [0.15, 0.2) is 30.6 Å². The molecule has 0 radical (unpaired) electrons. The molecule has 2 aliphatic rings. The molecule has 2 fully saturated rings. The van der Waals surface area contributed by atoms with Crippen LogP contribution in [0.25, 0.3) is 11.1 Å². The third-order valence-electron chi connectivity index (χ3n) is 6.22. The number of ether oxygens (including phenoxy) is 1. The lowest BCUT2D eigenvalue weighted by molar-refractivity contribution is -0.120. The van der Waals surface area contributed by atoms with E-state index in [9.17, 15) is 9.18 Å². The minimum atomic E-state index is -0.439. The summed E-state index contributed by atoms with van der Waals surface area (Å²) in [5.41, 5.74) is 0.966. The van der Waals surface area contributed by atoms with E-state index in [2.05, 4.69) is 39.8 Å². The Hall–Kier alpha value is -2.58. The average Bonchev–Trinajstić information content (AvgIpc) is 2.79. The molecule has 8 heteroatoms. The lowest BCUT2D eigenvalue weighted by Gasteiger charge is -2.35. The van der Waals surface area contributed by atoms with Gasteiger partial charge in [0.15, 0.2) is 0 Å². The number of nitrogens with one attached hydrogen (secondary N) is 3. The van der Waals surface area contributed by atoms with E-state index in [1.165, 1.54) is 0 Å². The van der Waals surface area contributed by atoms with E-state index in [-0.39, 0.29) is 17.4 Å². The third-order valence-corrected chi connectivity index (χ3v) is 6.22. The second-order valence-corrected chi connectivity index (χ2v) is 9.36. The first-order valence-electron chi connectivity index (χ1n) is 11.4. The van der Waals surface area contributed by atoms with Gasteiger partial charge in [0.25, 0.3) is 0 Å². The lowest BCUT2D eigenvalue weighted by atomic mass is 9.88. The number of carbonyl (C=O) groups is 1. The van der Waals surface area contributed by atoms with Gasteiger partial charge in [-0.2, -0.15) is 0 Å². The van der Waals surface area contributed by atoms with Crippen LogP contribution in [0.4, 0.5) is 16.0 Å². The number of halogens is 1. The van der Waals surface area contributed by atoms with Crippen molar-refractivity contribution in [3.8, 4) is 11.1 Å². The highest BCUT2D eigenvalue weighted by atomic mass is 19.1. The summed E-state index contributed by atoms with van der Waals surface area (Å²) in [6.45, 7) is 7.38. The smallest absolute Gasteiger partial charge is 0.229 e. The summed E-state index contributed by atoms with van der Waals surface area (Å²) in [5, 5.41) is 9.46. The summed E-state index contributed by atoms with van der Waals surface area (Å²) in [5.74, 6) is 0.933. The van der Waals surface area contributed by atoms with Gasteiger partial charge < -0.3 is 20.7 Å². The van der Waals surface area contributed by atoms with Gasteiger partial charge in [-0.3, -0.25) is 4.79 Å². The zero-order valence-corrected chi connectivity index (χ0v) is 18.8. The van der Waals surface area contributed by atoms with Gasteiger partial charge in [-0.05, 0) is 75.8 Å². The van der Waals surface area contributed by atoms with Crippen LogP contribution in [-0.4, -0.2) is 47.7 Å². The van der Waals surface area contributed by atoms with Crippen molar-refractivity contribution in [2.24, 2.45) is 11.8 Å². The highest BCUT2D eigenvalue weighted by Gasteiger charge is 2.28. The van der Waals surface area contributed by atoms with Crippen molar-refractivity contribution in [1.29, 1.82) is 0 Å². The highest BCUT2D eigenvalue weighted by molar-refractivity contribution is 5.92. The van der Waals surface area contributed by atoms with E-state index < -0.39 is 5.82 Å². The SMILES string of the molecule is CC1(C)CC(CNc2cc(-c3cc(NC(=O)[C@@H]4CCCNC4)ncc3F)ccn2)CCO1. The van der Waals surface area contributed by atoms with Crippen LogP contribution in [-0.2, 0) is 9.53 Å². The molecular weight excluding hydrogens is 409 g/mol. The van der Waals surface area contributed by atoms with Gasteiger partial charge >= 0.3 is 0 Å². The molecule has 2 atom stereocenters. The molecule has 4 heterocycles. The maximum absolute atomic E-state index is 14.6. The zero-order chi connectivity index (χ0) is 22.6. The molecule has 4 rings (SSSR count). The molecule has 0 aromatic carbocycles. The zero-order valence-electron chi connectivity index (χ0n) is 18.8. The van der Waals surface area contributed by atoms with E-state index in [1.54, 1.807) is 18.3 Å². The summed E-state index contributed by atoms with van der Waals surface area (Å²) in [4.78, 5) is 21.0. The Morgan fingerprint density at radius 2 is 2.16 bits per heavy atom. The number of aromatic nitrogens is 2. The van der Waals surface area contributed by atoms with Crippen molar-refractivity contribution in [2.75, 3.05) is 36.9 Å². The Kier molecular flexibility index (Phi) is 7.01. The number of carbonyl (C=O) groups excluding carboxylic acids is 1. The highest BCUT2D eigenvalue weighted by Crippen LogP contribution is 2.30. The molecule has 2 saturated heterocycles. The van der Waals surface area contributed by atoms with Crippen LogP contribution in [0.5, 0.6) is 0 Å². The van der Waals surface area contributed by atoms with Crippen molar-refractivity contribution in [3.05, 3.63) is 36.4 Å². The summed E-state index contributed by atoms with van der Waals surface area (Å²) >= 11 is 0. The van der Waals surface area contributed by atoms with Crippen LogP contribution < -0.4 is 16.0 Å². The topological polar surface area (TPSA) is 88.2 Å². The minimum Gasteiger partial charge on any atom is -0.376 e. The monoisotopic (exact) mass is 441 g/mol. The fourth-order valence-electron chi connectivity index (χ4n) is 4.51. The number of nitrogens with zero attached hydrogens (tertiary/aromatic N) is 2. The maximum Gasteiger partial charge on any atom is 0.229 e. The first-order chi connectivity index (χ1) is 15.4. The summed E-state index contributed by atoms with van der Waals surface area (Å²) in [6, 6.07) is 5.18. The van der Waals surface area contributed by atoms with E-state index in [0.717, 1.165) is 51.6 Å². The summed E-state index contributed by atoms with van der Waals surface area (Å²) in [7, 11) is 0. The number of amides is 1. The molecule has 0 bridgehead atoms. The number of pyridine rings is 2. The van der Waals surface area contributed by atoms with Crippen molar-refractivity contribution in [3.63, 3.8) is 0 Å². The molecule has 1 unspecified atom stereocenters. The van der Waals surface area contributed by atoms with E-state index in [0.29, 0.717) is 35.2 Å². The first kappa shape index (κ1) is 22.6. The van der Waals surface area contributed by atoms with Gasteiger partial charge in [-0.1, -0.05) is 0 Å². The normalized spacial score (nSPS) is 22.8. The fourth-order valence-corrected chi connectivity index (χ4v) is 4.51. The van der Waals surface area contributed by atoms with E-state index in [1.807, 2.05) is 6.07 Å². The molecule has 1 amide bonds. The van der Waals surface area contributed by atoms with Crippen LogP contribution in [0, 0.1) is 17.7 Å². The number of rotatable bonds is 6. The van der Waals surface area contributed by atoms with Gasteiger partial charge in [-0.25, -0.2) is 14.4 Å². The first-order valence-corrected chi connectivity index (χ1v) is 11.4. The van der Waals surface area contributed by atoms with E-state index in [4.69, 9.17) is 4.74 Å². The van der Waals surface area contributed by atoms with Crippen molar-refractivity contribution in [2.45, 2.75) is 45.1 Å². The Morgan fingerprint density at radius 1 is 1.28 bits per heavy atom. The Labute approximate surface area is 188 Å². The van der Waals surface area contributed by atoms with Gasteiger partial charge in [0.2, 0.25) is 5.91 Å². The number of piperidine rings is 1. The van der Waals surface area contributed by atoms with Crippen molar-refractivity contribution < 1.29 is 13.9 Å². The number of anilines is 2. The molecule has 0 aliphatic carbocycles. The van der Waals surface area contributed by atoms with Gasteiger partial charge in [0, 0.05) is 31.5 Å². The van der Waals surface area contributed by atoms with Gasteiger partial charge in [-0.15, -0.1) is 0 Å². The summed E-state index contributed by atoms with van der Waals surface area (Å²) < 4.78 is 20.4. The fraction of sp³-hybridized carbons (Fsp3) is 0.542. The lowest BCUT2D eigenvalue weighted by Crippen LogP contribution is -2.37. The van der Waals surface area contributed by atoms with Crippen molar-refractivity contribution in [1.82, 2.24) is 15.3 Å².